The first kappa shape index (κ1) is 13.4. The molecule has 1 atom stereocenters. The summed E-state index contributed by atoms with van der Waals surface area (Å²) in [5, 5.41) is 5.95. The summed E-state index contributed by atoms with van der Waals surface area (Å²) in [4.78, 5) is 12.9. The number of carbonyl (C=O) groups is 1. The molecule has 0 fully saturated rings. The van der Waals surface area contributed by atoms with Crippen LogP contribution in [0.4, 0.5) is 5.69 Å². The highest BCUT2D eigenvalue weighted by atomic mass is 32.2. The highest BCUT2D eigenvalue weighted by Crippen LogP contribution is 2.34. The second kappa shape index (κ2) is 5.76. The smallest absolute Gasteiger partial charge is 0.246 e. The molecule has 98 valence electrons. The third-order valence-corrected chi connectivity index (χ3v) is 4.14. The van der Waals surface area contributed by atoms with Crippen LogP contribution in [0.2, 0.25) is 0 Å². The number of fused-ring (bicyclic) bond motifs is 1. The van der Waals surface area contributed by atoms with Crippen LogP contribution in [0.15, 0.2) is 23.1 Å². The summed E-state index contributed by atoms with van der Waals surface area (Å²) in [6, 6.07) is 6.03. The minimum Gasteiger partial charge on any atom is -0.324 e. The van der Waals surface area contributed by atoms with Crippen LogP contribution < -0.4 is 10.6 Å². The zero-order chi connectivity index (χ0) is 13.1. The number of rotatable bonds is 5. The minimum atomic E-state index is -0.199. The second-order valence-electron chi connectivity index (χ2n) is 4.99. The molecule has 1 aliphatic heterocycles. The minimum absolute atomic E-state index is 0.0387. The van der Waals surface area contributed by atoms with E-state index in [1.54, 1.807) is 0 Å². The molecular weight excluding hydrogens is 244 g/mol. The molecule has 1 amide bonds. The van der Waals surface area contributed by atoms with Gasteiger partial charge in [0.15, 0.2) is 0 Å². The molecule has 0 radical (unpaired) electrons. The van der Waals surface area contributed by atoms with Gasteiger partial charge in [0, 0.05) is 16.1 Å². The van der Waals surface area contributed by atoms with Gasteiger partial charge in [-0.1, -0.05) is 19.9 Å². The molecular formula is C14H20N2OS. The lowest BCUT2D eigenvalue weighted by Crippen LogP contribution is -2.23. The third kappa shape index (κ3) is 2.87. The van der Waals surface area contributed by atoms with Crippen molar-refractivity contribution in [3.05, 3.63) is 23.8 Å². The molecule has 0 aromatic heterocycles. The standard InChI is InChI=1S/C14H20N2OS/c1-9(2)6-7-18-10-4-5-11-12(8-10)16-14(17)13(11)15-3/h4-5,8-9,13,15H,6-7H2,1-3H3,(H,16,17). The molecule has 0 spiro atoms. The fraction of sp³-hybridized carbons (Fsp3) is 0.500. The van der Waals surface area contributed by atoms with Gasteiger partial charge in [0.05, 0.1) is 0 Å². The summed E-state index contributed by atoms with van der Waals surface area (Å²) in [6.07, 6.45) is 1.22. The highest BCUT2D eigenvalue weighted by molar-refractivity contribution is 7.99. The van der Waals surface area contributed by atoms with Gasteiger partial charge in [-0.3, -0.25) is 4.79 Å². The summed E-state index contributed by atoms with van der Waals surface area (Å²) in [5.41, 5.74) is 2.00. The zero-order valence-corrected chi connectivity index (χ0v) is 11.9. The van der Waals surface area contributed by atoms with E-state index < -0.39 is 0 Å². The number of nitrogens with one attached hydrogen (secondary N) is 2. The van der Waals surface area contributed by atoms with Crippen LogP contribution in [0.1, 0.15) is 31.9 Å². The predicted molar refractivity (Wildman–Crippen MR) is 77.1 cm³/mol. The molecule has 1 heterocycles. The van der Waals surface area contributed by atoms with Crippen LogP contribution in [-0.4, -0.2) is 18.7 Å². The van der Waals surface area contributed by atoms with E-state index in [9.17, 15) is 4.79 Å². The van der Waals surface area contributed by atoms with Crippen molar-refractivity contribution in [2.45, 2.75) is 31.2 Å². The lowest BCUT2D eigenvalue weighted by atomic mass is 10.1. The van der Waals surface area contributed by atoms with Gasteiger partial charge in [-0.15, -0.1) is 11.8 Å². The molecule has 0 saturated carbocycles. The molecule has 1 unspecified atom stereocenters. The largest absolute Gasteiger partial charge is 0.324 e. The Morgan fingerprint density at radius 2 is 2.22 bits per heavy atom. The summed E-state index contributed by atoms with van der Waals surface area (Å²) >= 11 is 1.85. The van der Waals surface area contributed by atoms with Crippen molar-refractivity contribution >= 4 is 23.4 Å². The highest BCUT2D eigenvalue weighted by Gasteiger charge is 2.28. The van der Waals surface area contributed by atoms with Gasteiger partial charge in [0.2, 0.25) is 5.91 Å². The Morgan fingerprint density at radius 1 is 1.44 bits per heavy atom. The number of carbonyl (C=O) groups excluding carboxylic acids is 1. The topological polar surface area (TPSA) is 41.1 Å². The molecule has 3 nitrogen and oxygen atoms in total. The monoisotopic (exact) mass is 264 g/mol. The fourth-order valence-electron chi connectivity index (χ4n) is 2.03. The quantitative estimate of drug-likeness (QED) is 0.803. The normalized spacial score (nSPS) is 18.0. The van der Waals surface area contributed by atoms with Crippen LogP contribution in [0.5, 0.6) is 0 Å². The molecule has 0 aliphatic carbocycles. The molecule has 1 aromatic carbocycles. The number of amides is 1. The molecule has 18 heavy (non-hydrogen) atoms. The maximum Gasteiger partial charge on any atom is 0.246 e. The van der Waals surface area contributed by atoms with Gasteiger partial charge in [-0.25, -0.2) is 0 Å². The van der Waals surface area contributed by atoms with E-state index in [2.05, 4.69) is 36.6 Å². The summed E-state index contributed by atoms with van der Waals surface area (Å²) in [5.74, 6) is 1.90. The van der Waals surface area contributed by atoms with E-state index in [4.69, 9.17) is 0 Å². The van der Waals surface area contributed by atoms with Crippen molar-refractivity contribution in [1.82, 2.24) is 5.32 Å². The Morgan fingerprint density at radius 3 is 2.89 bits per heavy atom. The van der Waals surface area contributed by atoms with Gasteiger partial charge in [0.1, 0.15) is 6.04 Å². The fourth-order valence-corrected chi connectivity index (χ4v) is 3.22. The maximum absolute atomic E-state index is 11.7. The number of benzene rings is 1. The lowest BCUT2D eigenvalue weighted by molar-refractivity contribution is -0.117. The van der Waals surface area contributed by atoms with Crippen LogP contribution in [-0.2, 0) is 4.79 Å². The van der Waals surface area contributed by atoms with E-state index in [0.29, 0.717) is 0 Å². The lowest BCUT2D eigenvalue weighted by Gasteiger charge is -2.08. The second-order valence-corrected chi connectivity index (χ2v) is 6.16. The molecule has 4 heteroatoms. The number of anilines is 1. The molecule has 1 aliphatic rings. The molecule has 0 saturated heterocycles. The third-order valence-electron chi connectivity index (χ3n) is 3.11. The average Bonchev–Trinajstić information content (AvgIpc) is 2.63. The Hall–Kier alpha value is -1.00. The molecule has 2 rings (SSSR count). The van der Waals surface area contributed by atoms with Gasteiger partial charge < -0.3 is 10.6 Å². The Kier molecular flexibility index (Phi) is 4.30. The van der Waals surface area contributed by atoms with E-state index >= 15 is 0 Å². The maximum atomic E-state index is 11.7. The van der Waals surface area contributed by atoms with Crippen LogP contribution in [0.25, 0.3) is 0 Å². The van der Waals surface area contributed by atoms with Gasteiger partial charge in [0.25, 0.3) is 0 Å². The van der Waals surface area contributed by atoms with E-state index in [-0.39, 0.29) is 11.9 Å². The Balaban J connectivity index is 2.05. The first-order valence-corrected chi connectivity index (χ1v) is 7.35. The van der Waals surface area contributed by atoms with E-state index in [1.165, 1.54) is 11.3 Å². The SMILES string of the molecule is CNC1C(=O)Nc2cc(SCCC(C)C)ccc21. The van der Waals surface area contributed by atoms with Crippen LogP contribution in [0, 0.1) is 5.92 Å². The number of likely N-dealkylation sites (N-methyl/N-ethyl adjacent to an activating group) is 1. The molecule has 1 aromatic rings. The number of hydrogen-bond donors (Lipinski definition) is 2. The van der Waals surface area contributed by atoms with Gasteiger partial charge >= 0.3 is 0 Å². The van der Waals surface area contributed by atoms with Crippen molar-refractivity contribution < 1.29 is 4.79 Å². The number of hydrogen-bond acceptors (Lipinski definition) is 3. The van der Waals surface area contributed by atoms with Crippen molar-refractivity contribution in [3.63, 3.8) is 0 Å². The first-order chi connectivity index (χ1) is 8.61. The van der Waals surface area contributed by atoms with Gasteiger partial charge in [-0.2, -0.15) is 0 Å². The van der Waals surface area contributed by atoms with Crippen molar-refractivity contribution in [1.29, 1.82) is 0 Å². The van der Waals surface area contributed by atoms with Crippen molar-refractivity contribution in [2.75, 3.05) is 18.1 Å². The predicted octanol–water partition coefficient (Wildman–Crippen LogP) is 3.04. The van der Waals surface area contributed by atoms with Crippen LogP contribution >= 0.6 is 11.8 Å². The van der Waals surface area contributed by atoms with Crippen molar-refractivity contribution in [2.24, 2.45) is 5.92 Å². The molecule has 0 bridgehead atoms. The first-order valence-electron chi connectivity index (χ1n) is 6.36. The average molecular weight is 264 g/mol. The number of thioether (sulfide) groups is 1. The zero-order valence-electron chi connectivity index (χ0n) is 11.1. The summed E-state index contributed by atoms with van der Waals surface area (Å²) in [6.45, 7) is 4.47. The molecule has 2 N–H and O–H groups in total. The summed E-state index contributed by atoms with van der Waals surface area (Å²) in [7, 11) is 1.81. The Bertz CT molecular complexity index is 445. The van der Waals surface area contributed by atoms with E-state index in [1.807, 2.05) is 24.9 Å². The Labute approximate surface area is 113 Å². The van der Waals surface area contributed by atoms with Crippen molar-refractivity contribution in [3.8, 4) is 0 Å². The summed E-state index contributed by atoms with van der Waals surface area (Å²) < 4.78 is 0. The van der Waals surface area contributed by atoms with E-state index in [0.717, 1.165) is 22.9 Å². The van der Waals surface area contributed by atoms with Gasteiger partial charge in [-0.05, 0) is 37.3 Å². The van der Waals surface area contributed by atoms with Crippen LogP contribution in [0.3, 0.4) is 0 Å².